The Balaban J connectivity index is 1.80. The summed E-state index contributed by atoms with van der Waals surface area (Å²) in [7, 11) is 0. The van der Waals surface area contributed by atoms with E-state index in [4.69, 9.17) is 0 Å². The minimum Gasteiger partial charge on any atom is -0.480 e. The molecule has 1 aromatic carbocycles. The van der Waals surface area contributed by atoms with Crippen LogP contribution in [-0.2, 0) is 22.7 Å². The second kappa shape index (κ2) is 6.66. The first-order chi connectivity index (χ1) is 11.9. The summed E-state index contributed by atoms with van der Waals surface area (Å²) >= 11 is 0. The van der Waals surface area contributed by atoms with Crippen LogP contribution in [0.5, 0.6) is 0 Å². The molecule has 3 rings (SSSR count). The zero-order valence-electron chi connectivity index (χ0n) is 14.6. The lowest BCUT2D eigenvalue weighted by molar-refractivity contribution is -0.153. The van der Waals surface area contributed by atoms with Gasteiger partial charge in [0.2, 0.25) is 5.91 Å². The fourth-order valence-electron chi connectivity index (χ4n) is 3.42. The Kier molecular flexibility index (Phi) is 4.57. The van der Waals surface area contributed by atoms with E-state index in [1.54, 1.807) is 11.5 Å². The number of hydrogen-bond acceptors (Lipinski definition) is 4. The maximum absolute atomic E-state index is 12.8. The smallest absolute Gasteiger partial charge is 0.328 e. The monoisotopic (exact) mass is 342 g/mol. The first-order valence-electron chi connectivity index (χ1n) is 8.35. The minimum absolute atomic E-state index is 0.0182. The van der Waals surface area contributed by atoms with Crippen molar-refractivity contribution in [2.45, 2.75) is 52.2 Å². The predicted molar refractivity (Wildman–Crippen MR) is 90.9 cm³/mol. The number of carbonyl (C=O) groups excluding carboxylic acids is 1. The molecule has 0 saturated carbocycles. The van der Waals surface area contributed by atoms with Crippen LogP contribution in [-0.4, -0.2) is 42.7 Å². The molecule has 1 N–H and O–H groups in total. The Labute approximate surface area is 146 Å². The highest BCUT2D eigenvalue weighted by Gasteiger charge is 2.36. The van der Waals surface area contributed by atoms with Crippen LogP contribution in [0.1, 0.15) is 42.0 Å². The summed E-state index contributed by atoms with van der Waals surface area (Å²) in [4.78, 5) is 25.9. The zero-order chi connectivity index (χ0) is 18.1. The highest BCUT2D eigenvalue weighted by atomic mass is 16.4. The number of aryl methyl sites for hydroxylation is 2. The van der Waals surface area contributed by atoms with E-state index in [2.05, 4.69) is 10.2 Å². The highest BCUT2D eigenvalue weighted by molar-refractivity contribution is 5.84. The third kappa shape index (κ3) is 3.26. The number of nitrogens with zero attached hydrogens (tertiary/aromatic N) is 4. The van der Waals surface area contributed by atoms with Crippen LogP contribution in [0.2, 0.25) is 0 Å². The molecule has 0 bridgehead atoms. The molecular formula is C18H22N4O3. The van der Waals surface area contributed by atoms with Gasteiger partial charge in [0.1, 0.15) is 11.9 Å². The zero-order valence-corrected chi connectivity index (χ0v) is 14.6. The molecule has 25 heavy (non-hydrogen) atoms. The molecule has 0 spiro atoms. The molecule has 2 aromatic rings. The molecule has 2 heterocycles. The number of carboxylic acids is 1. The van der Waals surface area contributed by atoms with E-state index in [0.717, 1.165) is 11.1 Å². The number of fused-ring (bicyclic) bond motifs is 1. The summed E-state index contributed by atoms with van der Waals surface area (Å²) < 4.78 is 1.77. The van der Waals surface area contributed by atoms with Gasteiger partial charge < -0.3 is 14.6 Å². The van der Waals surface area contributed by atoms with E-state index in [9.17, 15) is 14.7 Å². The van der Waals surface area contributed by atoms with Crippen LogP contribution in [0.25, 0.3) is 0 Å². The molecule has 1 aliphatic heterocycles. The molecule has 0 fully saturated rings. The second-order valence-corrected chi connectivity index (χ2v) is 6.61. The highest BCUT2D eigenvalue weighted by Crippen LogP contribution is 2.26. The lowest BCUT2D eigenvalue weighted by Gasteiger charge is -2.34. The predicted octanol–water partition coefficient (Wildman–Crippen LogP) is 1.88. The van der Waals surface area contributed by atoms with Gasteiger partial charge in [-0.2, -0.15) is 0 Å². The quantitative estimate of drug-likeness (QED) is 0.916. The van der Waals surface area contributed by atoms with Crippen LogP contribution >= 0.6 is 0 Å². The van der Waals surface area contributed by atoms with Gasteiger partial charge in [-0.05, 0) is 30.9 Å². The van der Waals surface area contributed by atoms with Crippen molar-refractivity contribution < 1.29 is 14.7 Å². The largest absolute Gasteiger partial charge is 0.480 e. The number of amides is 1. The van der Waals surface area contributed by atoms with Crippen LogP contribution in [0.4, 0.5) is 0 Å². The maximum atomic E-state index is 12.8. The maximum Gasteiger partial charge on any atom is 0.328 e. The van der Waals surface area contributed by atoms with Gasteiger partial charge in [-0.15, -0.1) is 10.2 Å². The van der Waals surface area contributed by atoms with Crippen LogP contribution < -0.4 is 0 Å². The Bertz CT molecular complexity index is 814. The minimum atomic E-state index is -1.00. The summed E-state index contributed by atoms with van der Waals surface area (Å²) in [6.45, 7) is 6.16. The molecule has 0 saturated heterocycles. The normalized spacial score (nSPS) is 17.9. The second-order valence-electron chi connectivity index (χ2n) is 6.61. The Morgan fingerprint density at radius 2 is 2.00 bits per heavy atom. The van der Waals surface area contributed by atoms with E-state index < -0.39 is 12.0 Å². The third-order valence-electron chi connectivity index (χ3n) is 4.86. The third-order valence-corrected chi connectivity index (χ3v) is 4.86. The van der Waals surface area contributed by atoms with Gasteiger partial charge in [0.25, 0.3) is 0 Å². The van der Waals surface area contributed by atoms with Crippen molar-refractivity contribution in [3.8, 4) is 0 Å². The molecule has 7 heteroatoms. The van der Waals surface area contributed by atoms with Gasteiger partial charge in [0.15, 0.2) is 5.82 Å². The Morgan fingerprint density at radius 3 is 2.68 bits per heavy atom. The SMILES string of the molecule is Cc1ccccc1C(C)CC(=O)N1Cc2nnc(C)n2CC1C(=O)O. The molecule has 1 aliphatic rings. The van der Waals surface area contributed by atoms with Crippen LogP contribution in [0, 0.1) is 13.8 Å². The van der Waals surface area contributed by atoms with Gasteiger partial charge in [-0.3, -0.25) is 4.79 Å². The van der Waals surface area contributed by atoms with Crippen molar-refractivity contribution in [3.05, 3.63) is 47.0 Å². The van der Waals surface area contributed by atoms with Crippen molar-refractivity contribution >= 4 is 11.9 Å². The lowest BCUT2D eigenvalue weighted by atomic mass is 9.93. The van der Waals surface area contributed by atoms with Gasteiger partial charge in [-0.25, -0.2) is 4.79 Å². The molecule has 0 aliphatic carbocycles. The van der Waals surface area contributed by atoms with E-state index in [1.165, 1.54) is 4.90 Å². The van der Waals surface area contributed by atoms with Crippen LogP contribution in [0.15, 0.2) is 24.3 Å². The average molecular weight is 342 g/mol. The van der Waals surface area contributed by atoms with Crippen molar-refractivity contribution in [1.29, 1.82) is 0 Å². The Morgan fingerprint density at radius 1 is 1.28 bits per heavy atom. The number of aliphatic carboxylic acids is 1. The van der Waals surface area contributed by atoms with Crippen molar-refractivity contribution in [2.75, 3.05) is 0 Å². The number of carbonyl (C=O) groups is 2. The number of carboxylic acid groups (broad SMARTS) is 1. The lowest BCUT2D eigenvalue weighted by Crippen LogP contribution is -2.51. The number of hydrogen-bond donors (Lipinski definition) is 1. The summed E-state index contributed by atoms with van der Waals surface area (Å²) in [6, 6.07) is 7.06. The van der Waals surface area contributed by atoms with E-state index in [-0.39, 0.29) is 31.3 Å². The number of benzene rings is 1. The molecule has 1 amide bonds. The Hall–Kier alpha value is -2.70. The fraction of sp³-hybridized carbons (Fsp3) is 0.444. The van der Waals surface area contributed by atoms with Gasteiger partial charge in [-0.1, -0.05) is 31.2 Å². The van der Waals surface area contributed by atoms with Crippen LogP contribution in [0.3, 0.4) is 0 Å². The van der Waals surface area contributed by atoms with Gasteiger partial charge in [0.05, 0.1) is 13.1 Å². The van der Waals surface area contributed by atoms with E-state index in [0.29, 0.717) is 11.6 Å². The number of rotatable bonds is 4. The topological polar surface area (TPSA) is 88.3 Å². The molecule has 1 aromatic heterocycles. The molecule has 132 valence electrons. The molecule has 0 radical (unpaired) electrons. The standard InChI is InChI=1S/C18H22N4O3/c1-11-6-4-5-7-14(11)12(2)8-17(23)22-10-16-20-19-13(3)21(16)9-15(22)18(24)25/h4-7,12,15H,8-10H2,1-3H3,(H,24,25). The van der Waals surface area contributed by atoms with Gasteiger partial charge >= 0.3 is 5.97 Å². The van der Waals surface area contributed by atoms with Crippen molar-refractivity contribution in [3.63, 3.8) is 0 Å². The summed E-state index contributed by atoms with van der Waals surface area (Å²) in [5, 5.41) is 17.6. The fourth-order valence-corrected chi connectivity index (χ4v) is 3.42. The van der Waals surface area contributed by atoms with E-state index in [1.807, 2.05) is 38.1 Å². The number of aromatic nitrogens is 3. The van der Waals surface area contributed by atoms with Crippen molar-refractivity contribution in [1.82, 2.24) is 19.7 Å². The first kappa shape index (κ1) is 17.1. The molecule has 2 atom stereocenters. The summed E-state index contributed by atoms with van der Waals surface area (Å²) in [6.07, 6.45) is 0.266. The van der Waals surface area contributed by atoms with E-state index >= 15 is 0 Å². The van der Waals surface area contributed by atoms with Gasteiger partial charge in [0, 0.05) is 6.42 Å². The molecule has 7 nitrogen and oxygen atoms in total. The summed E-state index contributed by atoms with van der Waals surface area (Å²) in [5.41, 5.74) is 2.24. The average Bonchev–Trinajstić information content (AvgIpc) is 2.94. The first-order valence-corrected chi connectivity index (χ1v) is 8.35. The molecular weight excluding hydrogens is 320 g/mol. The molecule has 2 unspecified atom stereocenters. The summed E-state index contributed by atoms with van der Waals surface area (Å²) in [5.74, 6) is 0.143. The van der Waals surface area contributed by atoms with Crippen molar-refractivity contribution in [2.24, 2.45) is 0 Å².